The van der Waals surface area contributed by atoms with Crippen LogP contribution in [0.3, 0.4) is 0 Å². The van der Waals surface area contributed by atoms with Gasteiger partial charge in [-0.05, 0) is 66.3 Å². The van der Waals surface area contributed by atoms with E-state index in [9.17, 15) is 22.8 Å². The second-order valence-electron chi connectivity index (χ2n) is 10.0. The molecule has 4 aromatic rings. The highest BCUT2D eigenvalue weighted by molar-refractivity contribution is 6.33. The zero-order valence-corrected chi connectivity index (χ0v) is 22.8. The van der Waals surface area contributed by atoms with Crippen LogP contribution in [0, 0.1) is 12.8 Å². The molecular weight excluding hydrogens is 545 g/mol. The summed E-state index contributed by atoms with van der Waals surface area (Å²) in [6.45, 7) is 6.06. The van der Waals surface area contributed by atoms with Crippen LogP contribution in [-0.4, -0.2) is 38.3 Å². The lowest BCUT2D eigenvalue weighted by Crippen LogP contribution is -2.27. The minimum atomic E-state index is -4.48. The molecule has 0 spiro atoms. The predicted octanol–water partition coefficient (Wildman–Crippen LogP) is 6.92. The molecule has 0 bridgehead atoms. The van der Waals surface area contributed by atoms with Gasteiger partial charge in [-0.25, -0.2) is 0 Å². The molecule has 210 valence electrons. The van der Waals surface area contributed by atoms with E-state index < -0.39 is 23.6 Å². The van der Waals surface area contributed by atoms with Gasteiger partial charge in [0, 0.05) is 28.7 Å². The Bertz CT molecular complexity index is 1550. The van der Waals surface area contributed by atoms with Gasteiger partial charge in [0.15, 0.2) is 0 Å². The molecule has 0 saturated carbocycles. The molecule has 0 fully saturated rings. The molecule has 2 N–H and O–H groups in total. The standard InChI is InChI=1S/C29H28ClF3N4O3/c1-16(2)10-25(18-4-7-24(35-14-18)28(40)34-9-8-27(38)39)37-26-11-17(3)22(12-19(26)15-36-37)21-6-5-20(13-23(21)30)29(31,32)33/h4-7,11-16,25H,8-10H2,1-3H3,(H,34,40)(H,38,39). The number of carboxylic acids is 1. The fraction of sp³-hybridized carbons (Fsp3) is 0.310. The number of pyridine rings is 1. The number of amides is 1. The number of aliphatic carboxylic acids is 1. The minimum Gasteiger partial charge on any atom is -0.481 e. The molecule has 2 heterocycles. The van der Waals surface area contributed by atoms with Crippen LogP contribution in [0.2, 0.25) is 5.02 Å². The van der Waals surface area contributed by atoms with E-state index in [0.717, 1.165) is 40.6 Å². The number of halogens is 4. The number of hydrogen-bond donors (Lipinski definition) is 2. The first-order valence-corrected chi connectivity index (χ1v) is 13.0. The third-order valence-corrected chi connectivity index (χ3v) is 6.86. The maximum absolute atomic E-state index is 13.1. The van der Waals surface area contributed by atoms with Crippen molar-refractivity contribution in [2.45, 2.75) is 45.8 Å². The van der Waals surface area contributed by atoms with E-state index in [4.69, 9.17) is 16.7 Å². The van der Waals surface area contributed by atoms with Gasteiger partial charge in [0.05, 0.1) is 29.7 Å². The van der Waals surface area contributed by atoms with E-state index in [1.807, 2.05) is 29.8 Å². The van der Waals surface area contributed by atoms with Crippen LogP contribution in [0.5, 0.6) is 0 Å². The molecule has 0 aliphatic rings. The van der Waals surface area contributed by atoms with Crippen LogP contribution in [0.15, 0.2) is 54.9 Å². The van der Waals surface area contributed by atoms with E-state index >= 15 is 0 Å². The highest BCUT2D eigenvalue weighted by Gasteiger charge is 2.31. The summed E-state index contributed by atoms with van der Waals surface area (Å²) in [6.07, 6.45) is -0.602. The third-order valence-electron chi connectivity index (χ3n) is 6.55. The molecule has 1 amide bonds. The molecule has 7 nitrogen and oxygen atoms in total. The first-order chi connectivity index (χ1) is 18.8. The smallest absolute Gasteiger partial charge is 0.416 e. The number of aromatic nitrogens is 3. The fourth-order valence-electron chi connectivity index (χ4n) is 4.58. The fourth-order valence-corrected chi connectivity index (χ4v) is 4.86. The Kier molecular flexibility index (Phi) is 8.48. The Balaban J connectivity index is 1.67. The minimum absolute atomic E-state index is 0.00583. The highest BCUT2D eigenvalue weighted by Crippen LogP contribution is 2.38. The zero-order valence-electron chi connectivity index (χ0n) is 22.1. The van der Waals surface area contributed by atoms with Crippen molar-refractivity contribution in [1.29, 1.82) is 0 Å². The van der Waals surface area contributed by atoms with E-state index in [0.29, 0.717) is 17.0 Å². The van der Waals surface area contributed by atoms with Crippen molar-refractivity contribution < 1.29 is 27.9 Å². The van der Waals surface area contributed by atoms with Gasteiger partial charge in [-0.1, -0.05) is 37.6 Å². The van der Waals surface area contributed by atoms with Gasteiger partial charge in [0.1, 0.15) is 5.69 Å². The topological polar surface area (TPSA) is 97.1 Å². The Morgan fingerprint density at radius 3 is 2.42 bits per heavy atom. The quantitative estimate of drug-likeness (QED) is 0.227. The SMILES string of the molecule is Cc1cc2c(cnn2C(CC(C)C)c2ccc(C(=O)NCCC(=O)O)nc2)cc1-c1ccc(C(F)(F)F)cc1Cl. The van der Waals surface area contributed by atoms with Gasteiger partial charge in [-0.15, -0.1) is 0 Å². The number of carboxylic acid groups (broad SMARTS) is 1. The molecule has 0 aliphatic heterocycles. The number of carbonyl (C=O) groups excluding carboxylic acids is 1. The molecule has 0 saturated heterocycles. The summed E-state index contributed by atoms with van der Waals surface area (Å²) in [5.41, 5.74) is 3.09. The van der Waals surface area contributed by atoms with Crippen molar-refractivity contribution >= 4 is 34.4 Å². The lowest BCUT2D eigenvalue weighted by molar-refractivity contribution is -0.138. The Hall–Kier alpha value is -3.92. The van der Waals surface area contributed by atoms with Gasteiger partial charge < -0.3 is 10.4 Å². The normalized spacial score (nSPS) is 12.6. The summed E-state index contributed by atoms with van der Waals surface area (Å²) in [7, 11) is 0. The summed E-state index contributed by atoms with van der Waals surface area (Å²) in [5, 5.41) is 16.8. The first kappa shape index (κ1) is 29.1. The molecular formula is C29H28ClF3N4O3. The van der Waals surface area contributed by atoms with E-state index in [2.05, 4.69) is 29.2 Å². The first-order valence-electron chi connectivity index (χ1n) is 12.7. The molecule has 2 aromatic carbocycles. The number of nitrogens with one attached hydrogen (secondary N) is 1. The maximum atomic E-state index is 13.1. The number of nitrogens with zero attached hydrogens (tertiary/aromatic N) is 3. The average Bonchev–Trinajstić information content (AvgIpc) is 3.28. The molecule has 0 radical (unpaired) electrons. The van der Waals surface area contributed by atoms with E-state index in [1.54, 1.807) is 18.5 Å². The van der Waals surface area contributed by atoms with E-state index in [1.165, 1.54) is 6.07 Å². The van der Waals surface area contributed by atoms with Crippen LogP contribution in [0.4, 0.5) is 13.2 Å². The molecule has 1 unspecified atom stereocenters. The number of aryl methyl sites for hydroxylation is 1. The van der Waals surface area contributed by atoms with Gasteiger partial charge in [0.2, 0.25) is 0 Å². The Morgan fingerprint density at radius 1 is 1.07 bits per heavy atom. The molecule has 1 atom stereocenters. The summed E-state index contributed by atoms with van der Waals surface area (Å²) in [5.74, 6) is -1.16. The number of fused-ring (bicyclic) bond motifs is 1. The third kappa shape index (κ3) is 6.44. The van der Waals surface area contributed by atoms with Crippen molar-refractivity contribution in [2.75, 3.05) is 6.54 Å². The van der Waals surface area contributed by atoms with Crippen LogP contribution in [-0.2, 0) is 11.0 Å². The highest BCUT2D eigenvalue weighted by atomic mass is 35.5. The maximum Gasteiger partial charge on any atom is 0.416 e. The molecule has 4 rings (SSSR count). The Labute approximate surface area is 234 Å². The number of alkyl halides is 3. The van der Waals surface area contributed by atoms with Crippen LogP contribution < -0.4 is 5.32 Å². The second-order valence-corrected chi connectivity index (χ2v) is 10.4. The zero-order chi connectivity index (χ0) is 29.2. The van der Waals surface area contributed by atoms with Crippen LogP contribution in [0.25, 0.3) is 22.0 Å². The summed E-state index contributed by atoms with van der Waals surface area (Å²) < 4.78 is 41.3. The summed E-state index contributed by atoms with van der Waals surface area (Å²) in [4.78, 5) is 27.3. The molecule has 11 heteroatoms. The average molecular weight is 573 g/mol. The largest absolute Gasteiger partial charge is 0.481 e. The molecule has 2 aromatic heterocycles. The molecule has 40 heavy (non-hydrogen) atoms. The number of hydrogen-bond acceptors (Lipinski definition) is 4. The number of rotatable bonds is 9. The summed E-state index contributed by atoms with van der Waals surface area (Å²) in [6, 6.07) is 10.4. The lowest BCUT2D eigenvalue weighted by Gasteiger charge is -2.21. The van der Waals surface area contributed by atoms with Crippen molar-refractivity contribution in [3.63, 3.8) is 0 Å². The van der Waals surface area contributed by atoms with Crippen molar-refractivity contribution in [3.8, 4) is 11.1 Å². The summed E-state index contributed by atoms with van der Waals surface area (Å²) >= 11 is 6.28. The van der Waals surface area contributed by atoms with E-state index in [-0.39, 0.29) is 29.7 Å². The monoisotopic (exact) mass is 572 g/mol. The van der Waals surface area contributed by atoms with Crippen LogP contribution in [0.1, 0.15) is 59.9 Å². The number of benzene rings is 2. The van der Waals surface area contributed by atoms with Gasteiger partial charge >= 0.3 is 12.1 Å². The van der Waals surface area contributed by atoms with Gasteiger partial charge in [0.25, 0.3) is 5.91 Å². The Morgan fingerprint density at radius 2 is 1.82 bits per heavy atom. The predicted molar refractivity (Wildman–Crippen MR) is 146 cm³/mol. The lowest BCUT2D eigenvalue weighted by atomic mass is 9.96. The van der Waals surface area contributed by atoms with Crippen molar-refractivity contribution in [3.05, 3.63) is 82.3 Å². The van der Waals surface area contributed by atoms with Crippen LogP contribution >= 0.6 is 11.6 Å². The van der Waals surface area contributed by atoms with Gasteiger partial charge in [-0.2, -0.15) is 18.3 Å². The van der Waals surface area contributed by atoms with Crippen molar-refractivity contribution in [2.24, 2.45) is 5.92 Å². The van der Waals surface area contributed by atoms with Gasteiger partial charge in [-0.3, -0.25) is 19.3 Å². The molecule has 0 aliphatic carbocycles. The number of carbonyl (C=O) groups is 2. The second kappa shape index (κ2) is 11.7. The van der Waals surface area contributed by atoms with Crippen molar-refractivity contribution in [1.82, 2.24) is 20.1 Å².